The summed E-state index contributed by atoms with van der Waals surface area (Å²) in [6, 6.07) is 0. The van der Waals surface area contributed by atoms with Crippen molar-refractivity contribution in [3.63, 3.8) is 0 Å². The standard InChI is InChI=1S/C8H15NO3/c1-6(7(10)11)9-12-5-8(2,3)4/h5H2,1-4H3,(H,10,11)/b9-6+. The van der Waals surface area contributed by atoms with E-state index < -0.39 is 5.97 Å². The average molecular weight is 173 g/mol. The first-order valence-corrected chi connectivity index (χ1v) is 3.73. The molecule has 0 aromatic carbocycles. The Morgan fingerprint density at radius 3 is 2.33 bits per heavy atom. The van der Waals surface area contributed by atoms with E-state index in [-0.39, 0.29) is 11.1 Å². The number of nitrogens with zero attached hydrogens (tertiary/aromatic N) is 1. The summed E-state index contributed by atoms with van der Waals surface area (Å²) >= 11 is 0. The summed E-state index contributed by atoms with van der Waals surface area (Å²) in [6.45, 7) is 7.76. The minimum absolute atomic E-state index is 0.00227. The van der Waals surface area contributed by atoms with E-state index in [1.807, 2.05) is 20.8 Å². The molecule has 0 amide bonds. The van der Waals surface area contributed by atoms with Crippen LogP contribution in [-0.2, 0) is 9.63 Å². The second-order valence-corrected chi connectivity index (χ2v) is 3.82. The Morgan fingerprint density at radius 1 is 1.50 bits per heavy atom. The Bertz CT molecular complexity index is 191. The predicted molar refractivity (Wildman–Crippen MR) is 46.2 cm³/mol. The third-order valence-electron chi connectivity index (χ3n) is 1.01. The lowest BCUT2D eigenvalue weighted by atomic mass is 9.99. The van der Waals surface area contributed by atoms with Gasteiger partial charge < -0.3 is 9.94 Å². The Hall–Kier alpha value is -1.06. The van der Waals surface area contributed by atoms with Crippen molar-refractivity contribution < 1.29 is 14.7 Å². The van der Waals surface area contributed by atoms with Gasteiger partial charge in [-0.05, 0) is 12.3 Å². The van der Waals surface area contributed by atoms with Crippen LogP contribution >= 0.6 is 0 Å². The Morgan fingerprint density at radius 2 is 2.00 bits per heavy atom. The lowest BCUT2D eigenvalue weighted by Crippen LogP contribution is -2.15. The second-order valence-electron chi connectivity index (χ2n) is 3.82. The van der Waals surface area contributed by atoms with Crippen LogP contribution < -0.4 is 0 Å². The minimum atomic E-state index is -1.05. The molecule has 0 rings (SSSR count). The molecule has 0 spiro atoms. The van der Waals surface area contributed by atoms with Gasteiger partial charge in [-0.2, -0.15) is 0 Å². The van der Waals surface area contributed by atoms with Crippen LogP contribution in [0.2, 0.25) is 0 Å². The maximum Gasteiger partial charge on any atom is 0.353 e. The molecular weight excluding hydrogens is 158 g/mol. The van der Waals surface area contributed by atoms with E-state index >= 15 is 0 Å². The van der Waals surface area contributed by atoms with Gasteiger partial charge in [0.25, 0.3) is 0 Å². The number of rotatable bonds is 3. The molecule has 0 bridgehead atoms. The molecule has 0 atom stereocenters. The van der Waals surface area contributed by atoms with E-state index in [2.05, 4.69) is 5.16 Å². The molecule has 1 N–H and O–H groups in total. The van der Waals surface area contributed by atoms with Crippen LogP contribution in [0.4, 0.5) is 0 Å². The first kappa shape index (κ1) is 10.9. The Balaban J connectivity index is 3.83. The molecule has 4 heteroatoms. The smallest absolute Gasteiger partial charge is 0.353 e. The molecule has 0 saturated heterocycles. The number of carboxylic acid groups (broad SMARTS) is 1. The SMILES string of the molecule is C/C(=N\OCC(C)(C)C)C(=O)O. The number of aliphatic carboxylic acids is 1. The molecule has 0 unspecified atom stereocenters. The number of carboxylic acids is 1. The molecule has 12 heavy (non-hydrogen) atoms. The Kier molecular flexibility index (Phi) is 3.73. The number of hydrogen-bond donors (Lipinski definition) is 1. The molecule has 0 aliphatic heterocycles. The normalized spacial score (nSPS) is 12.8. The highest BCUT2D eigenvalue weighted by Gasteiger charge is 2.11. The van der Waals surface area contributed by atoms with Crippen molar-refractivity contribution >= 4 is 11.7 Å². The summed E-state index contributed by atoms with van der Waals surface area (Å²) in [5.74, 6) is -1.05. The molecule has 0 radical (unpaired) electrons. The number of carbonyl (C=O) groups is 1. The van der Waals surface area contributed by atoms with Crippen molar-refractivity contribution in [1.29, 1.82) is 0 Å². The molecule has 0 heterocycles. The lowest BCUT2D eigenvalue weighted by molar-refractivity contribution is -0.129. The quantitative estimate of drug-likeness (QED) is 0.519. The van der Waals surface area contributed by atoms with E-state index in [4.69, 9.17) is 9.94 Å². The summed E-state index contributed by atoms with van der Waals surface area (Å²) in [4.78, 5) is 15.1. The third kappa shape index (κ3) is 5.70. The topological polar surface area (TPSA) is 58.9 Å². The second kappa shape index (κ2) is 4.09. The first-order valence-electron chi connectivity index (χ1n) is 3.73. The minimum Gasteiger partial charge on any atom is -0.477 e. The monoisotopic (exact) mass is 173 g/mol. The van der Waals surface area contributed by atoms with Crippen LogP contribution in [0.5, 0.6) is 0 Å². The summed E-state index contributed by atoms with van der Waals surface area (Å²) in [5.41, 5.74) is -0.0262. The predicted octanol–water partition coefficient (Wildman–Crippen LogP) is 1.51. The molecule has 0 aliphatic carbocycles. The van der Waals surface area contributed by atoms with Crippen LogP contribution in [-0.4, -0.2) is 23.4 Å². The summed E-state index contributed by atoms with van der Waals surface area (Å²) < 4.78 is 0. The van der Waals surface area contributed by atoms with E-state index in [9.17, 15) is 4.79 Å². The fourth-order valence-electron chi connectivity index (χ4n) is 0.362. The van der Waals surface area contributed by atoms with Gasteiger partial charge in [0.05, 0.1) is 0 Å². The molecule has 0 aromatic heterocycles. The lowest BCUT2D eigenvalue weighted by Gasteiger charge is -2.15. The van der Waals surface area contributed by atoms with Crippen molar-refractivity contribution in [3.05, 3.63) is 0 Å². The van der Waals surface area contributed by atoms with Crippen molar-refractivity contribution in [1.82, 2.24) is 0 Å². The van der Waals surface area contributed by atoms with E-state index in [0.717, 1.165) is 0 Å². The molecular formula is C8H15NO3. The van der Waals surface area contributed by atoms with Crippen LogP contribution in [0.25, 0.3) is 0 Å². The number of hydrogen-bond acceptors (Lipinski definition) is 3. The maximum atomic E-state index is 10.2. The summed E-state index contributed by atoms with van der Waals surface area (Å²) in [7, 11) is 0. The third-order valence-corrected chi connectivity index (χ3v) is 1.01. The van der Waals surface area contributed by atoms with E-state index in [1.54, 1.807) is 0 Å². The van der Waals surface area contributed by atoms with Gasteiger partial charge in [-0.15, -0.1) is 0 Å². The molecule has 0 fully saturated rings. The average Bonchev–Trinajstić information content (AvgIpc) is 1.84. The van der Waals surface area contributed by atoms with Crippen LogP contribution in [0.3, 0.4) is 0 Å². The zero-order chi connectivity index (χ0) is 9.78. The largest absolute Gasteiger partial charge is 0.477 e. The highest BCUT2D eigenvalue weighted by Crippen LogP contribution is 2.12. The molecule has 0 saturated carbocycles. The maximum absolute atomic E-state index is 10.2. The highest BCUT2D eigenvalue weighted by molar-refractivity contribution is 6.34. The molecule has 0 aliphatic rings. The van der Waals surface area contributed by atoms with Crippen LogP contribution in [0, 0.1) is 5.41 Å². The highest BCUT2D eigenvalue weighted by atomic mass is 16.6. The van der Waals surface area contributed by atoms with Crippen LogP contribution in [0.15, 0.2) is 5.16 Å². The van der Waals surface area contributed by atoms with Gasteiger partial charge in [0, 0.05) is 0 Å². The first-order chi connectivity index (χ1) is 5.33. The zero-order valence-electron chi connectivity index (χ0n) is 7.92. The zero-order valence-corrected chi connectivity index (χ0v) is 7.92. The van der Waals surface area contributed by atoms with Gasteiger partial charge in [0.15, 0.2) is 5.71 Å². The summed E-state index contributed by atoms with van der Waals surface area (Å²) in [6.07, 6.45) is 0. The van der Waals surface area contributed by atoms with Gasteiger partial charge in [0.2, 0.25) is 0 Å². The number of oxime groups is 1. The fraction of sp³-hybridized carbons (Fsp3) is 0.750. The van der Waals surface area contributed by atoms with Crippen LogP contribution in [0.1, 0.15) is 27.7 Å². The summed E-state index contributed by atoms with van der Waals surface area (Å²) in [5, 5.41) is 11.8. The van der Waals surface area contributed by atoms with E-state index in [1.165, 1.54) is 6.92 Å². The van der Waals surface area contributed by atoms with Gasteiger partial charge in [-0.3, -0.25) is 0 Å². The van der Waals surface area contributed by atoms with Gasteiger partial charge in [0.1, 0.15) is 6.61 Å². The van der Waals surface area contributed by atoms with Crippen molar-refractivity contribution in [2.45, 2.75) is 27.7 Å². The molecule has 4 nitrogen and oxygen atoms in total. The van der Waals surface area contributed by atoms with Crippen molar-refractivity contribution in [3.8, 4) is 0 Å². The van der Waals surface area contributed by atoms with Gasteiger partial charge >= 0.3 is 5.97 Å². The van der Waals surface area contributed by atoms with Gasteiger partial charge in [-0.1, -0.05) is 25.9 Å². The van der Waals surface area contributed by atoms with Crippen molar-refractivity contribution in [2.24, 2.45) is 10.6 Å². The van der Waals surface area contributed by atoms with Crippen molar-refractivity contribution in [2.75, 3.05) is 6.61 Å². The van der Waals surface area contributed by atoms with Gasteiger partial charge in [-0.25, -0.2) is 4.79 Å². The van der Waals surface area contributed by atoms with E-state index in [0.29, 0.717) is 6.61 Å². The fourth-order valence-corrected chi connectivity index (χ4v) is 0.362. The Labute approximate surface area is 72.2 Å². The molecule has 70 valence electrons. The molecule has 0 aromatic rings.